The second-order valence-corrected chi connectivity index (χ2v) is 3.77. The van der Waals surface area contributed by atoms with E-state index in [4.69, 9.17) is 11.6 Å². The second-order valence-electron chi connectivity index (χ2n) is 3.39. The van der Waals surface area contributed by atoms with E-state index in [1.807, 2.05) is 6.92 Å². The number of amides is 1. The molecule has 0 aliphatic carbocycles. The van der Waals surface area contributed by atoms with Crippen LogP contribution in [0, 0.1) is 0 Å². The molecule has 0 atom stereocenters. The highest BCUT2D eigenvalue weighted by Crippen LogP contribution is 2.08. The number of rotatable bonds is 5. The van der Waals surface area contributed by atoms with Gasteiger partial charge in [-0.25, -0.2) is 4.98 Å². The SMILES string of the molecule is C=CCN(CCC)C(=O)c1cccc(Cl)n1. The Balaban J connectivity index is 2.85. The van der Waals surface area contributed by atoms with E-state index in [-0.39, 0.29) is 5.91 Å². The Morgan fingerprint density at radius 2 is 2.38 bits per heavy atom. The van der Waals surface area contributed by atoms with Crippen molar-refractivity contribution in [2.45, 2.75) is 13.3 Å². The molecule has 1 aromatic rings. The molecule has 0 saturated carbocycles. The van der Waals surface area contributed by atoms with Crippen LogP contribution >= 0.6 is 11.6 Å². The molecule has 4 heteroatoms. The van der Waals surface area contributed by atoms with Crippen LogP contribution in [0.5, 0.6) is 0 Å². The lowest BCUT2D eigenvalue weighted by Crippen LogP contribution is -2.32. The number of carbonyl (C=O) groups excluding carboxylic acids is 1. The van der Waals surface area contributed by atoms with Gasteiger partial charge in [-0.05, 0) is 18.6 Å². The van der Waals surface area contributed by atoms with Crippen molar-refractivity contribution in [1.82, 2.24) is 9.88 Å². The molecular formula is C12H15ClN2O. The smallest absolute Gasteiger partial charge is 0.272 e. The van der Waals surface area contributed by atoms with Crippen LogP contribution < -0.4 is 0 Å². The number of nitrogens with zero attached hydrogens (tertiary/aromatic N) is 2. The average Bonchev–Trinajstić information content (AvgIpc) is 2.28. The van der Waals surface area contributed by atoms with Crippen molar-refractivity contribution >= 4 is 17.5 Å². The maximum atomic E-state index is 12.0. The van der Waals surface area contributed by atoms with Crippen LogP contribution in [-0.4, -0.2) is 28.9 Å². The van der Waals surface area contributed by atoms with Gasteiger partial charge in [0.1, 0.15) is 10.8 Å². The van der Waals surface area contributed by atoms with Gasteiger partial charge in [0, 0.05) is 13.1 Å². The molecule has 1 heterocycles. The van der Waals surface area contributed by atoms with Crippen LogP contribution in [0.2, 0.25) is 5.15 Å². The summed E-state index contributed by atoms with van der Waals surface area (Å²) >= 11 is 5.75. The second kappa shape index (κ2) is 6.28. The summed E-state index contributed by atoms with van der Waals surface area (Å²) in [6.45, 7) is 6.88. The van der Waals surface area contributed by atoms with Crippen LogP contribution in [0.1, 0.15) is 23.8 Å². The molecule has 0 saturated heterocycles. The van der Waals surface area contributed by atoms with Gasteiger partial charge in [0.25, 0.3) is 5.91 Å². The van der Waals surface area contributed by atoms with E-state index >= 15 is 0 Å². The van der Waals surface area contributed by atoms with Crippen molar-refractivity contribution in [2.24, 2.45) is 0 Å². The summed E-state index contributed by atoms with van der Waals surface area (Å²) in [5, 5.41) is 0.334. The summed E-state index contributed by atoms with van der Waals surface area (Å²) in [6.07, 6.45) is 2.61. The summed E-state index contributed by atoms with van der Waals surface area (Å²) in [5.74, 6) is -0.107. The number of carbonyl (C=O) groups is 1. The zero-order valence-corrected chi connectivity index (χ0v) is 10.1. The van der Waals surface area contributed by atoms with Gasteiger partial charge in [0.2, 0.25) is 0 Å². The van der Waals surface area contributed by atoms with Crippen LogP contribution in [0.15, 0.2) is 30.9 Å². The first-order chi connectivity index (χ1) is 7.69. The van der Waals surface area contributed by atoms with Gasteiger partial charge in [0.05, 0.1) is 0 Å². The molecule has 0 aliphatic rings. The quantitative estimate of drug-likeness (QED) is 0.584. The van der Waals surface area contributed by atoms with E-state index in [1.54, 1.807) is 29.2 Å². The Labute approximate surface area is 101 Å². The number of aromatic nitrogens is 1. The van der Waals surface area contributed by atoms with Crippen LogP contribution in [0.4, 0.5) is 0 Å². The van der Waals surface area contributed by atoms with Gasteiger partial charge in [0.15, 0.2) is 0 Å². The molecule has 86 valence electrons. The highest BCUT2D eigenvalue weighted by molar-refractivity contribution is 6.29. The minimum absolute atomic E-state index is 0.107. The monoisotopic (exact) mass is 238 g/mol. The molecule has 1 aromatic heterocycles. The maximum Gasteiger partial charge on any atom is 0.272 e. The summed E-state index contributed by atoms with van der Waals surface area (Å²) in [6, 6.07) is 5.04. The third-order valence-electron chi connectivity index (χ3n) is 2.06. The Kier molecular flexibility index (Phi) is 4.99. The van der Waals surface area contributed by atoms with Crippen LogP contribution in [0.3, 0.4) is 0 Å². The predicted molar refractivity (Wildman–Crippen MR) is 65.6 cm³/mol. The van der Waals surface area contributed by atoms with E-state index in [9.17, 15) is 4.79 Å². The average molecular weight is 239 g/mol. The first-order valence-electron chi connectivity index (χ1n) is 5.21. The molecule has 0 unspecified atom stereocenters. The standard InChI is InChI=1S/C12H15ClN2O/c1-3-8-15(9-4-2)12(16)10-6-5-7-11(13)14-10/h3,5-7H,1,4,8-9H2,2H3. The molecular weight excluding hydrogens is 224 g/mol. The molecule has 0 radical (unpaired) electrons. The zero-order valence-electron chi connectivity index (χ0n) is 9.32. The van der Waals surface area contributed by atoms with Crippen LogP contribution in [0.25, 0.3) is 0 Å². The Morgan fingerprint density at radius 1 is 1.62 bits per heavy atom. The number of hydrogen-bond acceptors (Lipinski definition) is 2. The normalized spacial score (nSPS) is 9.88. The van der Waals surface area contributed by atoms with Gasteiger partial charge in [-0.3, -0.25) is 4.79 Å². The zero-order chi connectivity index (χ0) is 12.0. The molecule has 0 aliphatic heterocycles. The number of halogens is 1. The summed E-state index contributed by atoms with van der Waals surface area (Å²) < 4.78 is 0. The maximum absolute atomic E-state index is 12.0. The highest BCUT2D eigenvalue weighted by Gasteiger charge is 2.14. The van der Waals surface area contributed by atoms with E-state index in [0.717, 1.165) is 6.42 Å². The minimum Gasteiger partial charge on any atom is -0.334 e. The fraction of sp³-hybridized carbons (Fsp3) is 0.333. The van der Waals surface area contributed by atoms with Gasteiger partial charge in [-0.15, -0.1) is 6.58 Å². The fourth-order valence-corrected chi connectivity index (χ4v) is 1.55. The molecule has 0 spiro atoms. The van der Waals surface area contributed by atoms with Crippen molar-refractivity contribution in [3.63, 3.8) is 0 Å². The first kappa shape index (κ1) is 12.7. The topological polar surface area (TPSA) is 33.2 Å². The van der Waals surface area contributed by atoms with E-state index < -0.39 is 0 Å². The Bertz CT molecular complexity index is 379. The molecule has 0 fully saturated rings. The van der Waals surface area contributed by atoms with Gasteiger partial charge in [-0.2, -0.15) is 0 Å². The third kappa shape index (κ3) is 3.35. The molecule has 1 amide bonds. The van der Waals surface area contributed by atoms with Crippen molar-refractivity contribution in [2.75, 3.05) is 13.1 Å². The van der Waals surface area contributed by atoms with E-state index in [1.165, 1.54) is 0 Å². The van der Waals surface area contributed by atoms with Gasteiger partial charge >= 0.3 is 0 Å². The predicted octanol–water partition coefficient (Wildman–Crippen LogP) is 2.77. The lowest BCUT2D eigenvalue weighted by Gasteiger charge is -2.19. The van der Waals surface area contributed by atoms with Gasteiger partial charge in [-0.1, -0.05) is 30.7 Å². The summed E-state index contributed by atoms with van der Waals surface area (Å²) in [7, 11) is 0. The molecule has 16 heavy (non-hydrogen) atoms. The van der Waals surface area contributed by atoms with Crippen molar-refractivity contribution in [3.05, 3.63) is 41.7 Å². The van der Waals surface area contributed by atoms with Gasteiger partial charge < -0.3 is 4.90 Å². The Morgan fingerprint density at radius 3 is 2.94 bits per heavy atom. The fourth-order valence-electron chi connectivity index (χ4n) is 1.39. The largest absolute Gasteiger partial charge is 0.334 e. The van der Waals surface area contributed by atoms with E-state index in [0.29, 0.717) is 23.9 Å². The minimum atomic E-state index is -0.107. The Hall–Kier alpha value is -1.35. The number of hydrogen-bond donors (Lipinski definition) is 0. The molecule has 0 bridgehead atoms. The third-order valence-corrected chi connectivity index (χ3v) is 2.27. The summed E-state index contributed by atoms with van der Waals surface area (Å²) in [4.78, 5) is 17.7. The molecule has 3 nitrogen and oxygen atoms in total. The highest BCUT2D eigenvalue weighted by atomic mass is 35.5. The number of pyridine rings is 1. The molecule has 1 rings (SSSR count). The lowest BCUT2D eigenvalue weighted by atomic mass is 10.3. The molecule has 0 aromatic carbocycles. The van der Waals surface area contributed by atoms with Crippen molar-refractivity contribution < 1.29 is 4.79 Å². The van der Waals surface area contributed by atoms with Crippen molar-refractivity contribution in [3.8, 4) is 0 Å². The first-order valence-corrected chi connectivity index (χ1v) is 5.59. The van der Waals surface area contributed by atoms with Crippen LogP contribution in [-0.2, 0) is 0 Å². The van der Waals surface area contributed by atoms with Crippen molar-refractivity contribution in [1.29, 1.82) is 0 Å². The summed E-state index contributed by atoms with van der Waals surface area (Å²) in [5.41, 5.74) is 0.378. The lowest BCUT2D eigenvalue weighted by molar-refractivity contribution is 0.0768. The molecule has 0 N–H and O–H groups in total. The van der Waals surface area contributed by atoms with E-state index in [2.05, 4.69) is 11.6 Å².